The molecule has 2 aliphatic rings. The summed E-state index contributed by atoms with van der Waals surface area (Å²) < 4.78 is 0. The molecule has 1 heterocycles. The Labute approximate surface area is 172 Å². The Hall–Kier alpha value is -0.300. The molecule has 1 atom stereocenters. The van der Waals surface area contributed by atoms with Gasteiger partial charge in [-0.15, -0.1) is 24.0 Å². The molecule has 0 saturated carbocycles. The monoisotopic (exact) mass is 462 g/mol. The van der Waals surface area contributed by atoms with E-state index in [2.05, 4.69) is 42.4 Å². The first kappa shape index (κ1) is 22.7. The molecular weight excluding hydrogens is 423 g/mol. The average Bonchev–Trinajstić information content (AvgIpc) is 2.61. The van der Waals surface area contributed by atoms with Crippen molar-refractivity contribution < 1.29 is 0 Å². The second-order valence-electron chi connectivity index (χ2n) is 7.60. The second-order valence-corrected chi connectivity index (χ2v) is 7.60. The van der Waals surface area contributed by atoms with E-state index in [-0.39, 0.29) is 24.0 Å². The normalized spacial score (nSPS) is 22.3. The van der Waals surface area contributed by atoms with E-state index < -0.39 is 0 Å². The fraction of sp³-hybridized carbons (Fsp3) is 0.850. The summed E-state index contributed by atoms with van der Waals surface area (Å²) in [7, 11) is 0. The molecule has 1 aliphatic heterocycles. The first-order valence-corrected chi connectivity index (χ1v) is 10.1. The molecule has 146 valence electrons. The standard InChI is InChI=1S/C20H38N4.HI/c1-4-21-20(22-13-12-18-9-6-5-7-10-18)23-15-19-11-8-14-24(16-19)17(2)3;/h9,17,19H,4-8,10-16H2,1-3H3,(H2,21,22,23);1H. The Morgan fingerprint density at radius 3 is 2.80 bits per heavy atom. The van der Waals surface area contributed by atoms with Crippen LogP contribution in [0.2, 0.25) is 0 Å². The molecule has 0 aromatic heterocycles. The highest BCUT2D eigenvalue weighted by Gasteiger charge is 2.21. The van der Waals surface area contributed by atoms with Gasteiger partial charge in [0.1, 0.15) is 0 Å². The molecule has 4 nitrogen and oxygen atoms in total. The zero-order valence-corrected chi connectivity index (χ0v) is 18.9. The topological polar surface area (TPSA) is 39.7 Å². The quantitative estimate of drug-likeness (QED) is 0.258. The van der Waals surface area contributed by atoms with Crippen LogP contribution in [0, 0.1) is 5.92 Å². The summed E-state index contributed by atoms with van der Waals surface area (Å²) in [6.45, 7) is 12.1. The van der Waals surface area contributed by atoms with Crippen LogP contribution in [0.1, 0.15) is 65.7 Å². The molecule has 25 heavy (non-hydrogen) atoms. The highest BCUT2D eigenvalue weighted by molar-refractivity contribution is 14.0. The summed E-state index contributed by atoms with van der Waals surface area (Å²) in [6.07, 6.45) is 11.5. The van der Waals surface area contributed by atoms with Gasteiger partial charge in [-0.2, -0.15) is 0 Å². The number of aliphatic imine (C=N–C) groups is 1. The minimum atomic E-state index is 0. The summed E-state index contributed by atoms with van der Waals surface area (Å²) in [5.41, 5.74) is 1.63. The maximum Gasteiger partial charge on any atom is 0.191 e. The molecule has 0 aromatic carbocycles. The van der Waals surface area contributed by atoms with Crippen LogP contribution in [-0.4, -0.2) is 49.6 Å². The van der Waals surface area contributed by atoms with Gasteiger partial charge in [0, 0.05) is 32.2 Å². The SMILES string of the molecule is CCNC(=NCC1CCCN(C(C)C)C1)NCCC1=CCCCC1.I. The molecule has 5 heteroatoms. The van der Waals surface area contributed by atoms with Crippen molar-refractivity contribution in [2.24, 2.45) is 10.9 Å². The fourth-order valence-electron chi connectivity index (χ4n) is 3.75. The van der Waals surface area contributed by atoms with Crippen molar-refractivity contribution in [2.75, 3.05) is 32.7 Å². The molecular formula is C20H39IN4. The summed E-state index contributed by atoms with van der Waals surface area (Å²) in [5.74, 6) is 1.70. The van der Waals surface area contributed by atoms with Gasteiger partial charge in [-0.3, -0.25) is 4.99 Å². The largest absolute Gasteiger partial charge is 0.357 e. The van der Waals surface area contributed by atoms with E-state index in [0.29, 0.717) is 12.0 Å². The van der Waals surface area contributed by atoms with Crippen LogP contribution in [0.4, 0.5) is 0 Å². The van der Waals surface area contributed by atoms with Gasteiger partial charge in [-0.1, -0.05) is 11.6 Å². The first-order valence-electron chi connectivity index (χ1n) is 10.1. The number of nitrogens with one attached hydrogen (secondary N) is 2. The zero-order chi connectivity index (χ0) is 17.2. The van der Waals surface area contributed by atoms with Crippen molar-refractivity contribution in [3.8, 4) is 0 Å². The van der Waals surface area contributed by atoms with Gasteiger partial charge in [-0.25, -0.2) is 0 Å². The molecule has 1 fully saturated rings. The van der Waals surface area contributed by atoms with Gasteiger partial charge < -0.3 is 15.5 Å². The van der Waals surface area contributed by atoms with Crippen LogP contribution in [-0.2, 0) is 0 Å². The summed E-state index contributed by atoms with van der Waals surface area (Å²) in [4.78, 5) is 7.46. The predicted octanol–water partition coefficient (Wildman–Crippen LogP) is 4.17. The lowest BCUT2D eigenvalue weighted by atomic mass is 9.97. The minimum absolute atomic E-state index is 0. The van der Waals surface area contributed by atoms with E-state index in [4.69, 9.17) is 4.99 Å². The highest BCUT2D eigenvalue weighted by Crippen LogP contribution is 2.20. The number of halogens is 1. The number of rotatable bonds is 7. The Balaban J connectivity index is 0.00000312. The first-order chi connectivity index (χ1) is 11.7. The minimum Gasteiger partial charge on any atom is -0.357 e. The number of likely N-dealkylation sites (tertiary alicyclic amines) is 1. The van der Waals surface area contributed by atoms with Crippen molar-refractivity contribution in [3.05, 3.63) is 11.6 Å². The lowest BCUT2D eigenvalue weighted by Gasteiger charge is -2.34. The van der Waals surface area contributed by atoms with Crippen LogP contribution in [0.3, 0.4) is 0 Å². The maximum atomic E-state index is 4.86. The third kappa shape index (κ3) is 8.76. The van der Waals surface area contributed by atoms with Crippen molar-refractivity contribution in [1.82, 2.24) is 15.5 Å². The van der Waals surface area contributed by atoms with E-state index in [9.17, 15) is 0 Å². The molecule has 1 saturated heterocycles. The van der Waals surface area contributed by atoms with Gasteiger partial charge in [0.2, 0.25) is 0 Å². The third-order valence-electron chi connectivity index (χ3n) is 5.26. The van der Waals surface area contributed by atoms with Crippen LogP contribution < -0.4 is 10.6 Å². The lowest BCUT2D eigenvalue weighted by Crippen LogP contribution is -2.42. The van der Waals surface area contributed by atoms with E-state index in [1.807, 2.05) is 0 Å². The Morgan fingerprint density at radius 1 is 1.28 bits per heavy atom. The average molecular weight is 462 g/mol. The lowest BCUT2D eigenvalue weighted by molar-refractivity contribution is 0.143. The number of hydrogen-bond acceptors (Lipinski definition) is 2. The predicted molar refractivity (Wildman–Crippen MR) is 120 cm³/mol. The van der Waals surface area contributed by atoms with E-state index in [1.54, 1.807) is 5.57 Å². The van der Waals surface area contributed by atoms with Crippen LogP contribution in [0.25, 0.3) is 0 Å². The van der Waals surface area contributed by atoms with Crippen LogP contribution in [0.5, 0.6) is 0 Å². The van der Waals surface area contributed by atoms with Gasteiger partial charge in [0.25, 0.3) is 0 Å². The summed E-state index contributed by atoms with van der Waals surface area (Å²) >= 11 is 0. The Kier molecular flexibility index (Phi) is 11.8. The fourth-order valence-corrected chi connectivity index (χ4v) is 3.75. The van der Waals surface area contributed by atoms with Crippen LogP contribution >= 0.6 is 24.0 Å². The van der Waals surface area contributed by atoms with Crippen molar-refractivity contribution in [3.63, 3.8) is 0 Å². The number of nitrogens with zero attached hydrogens (tertiary/aromatic N) is 2. The molecule has 0 radical (unpaired) electrons. The Morgan fingerprint density at radius 2 is 2.12 bits per heavy atom. The van der Waals surface area contributed by atoms with Crippen LogP contribution in [0.15, 0.2) is 16.6 Å². The van der Waals surface area contributed by atoms with Crippen molar-refractivity contribution >= 4 is 29.9 Å². The second kappa shape index (κ2) is 13.0. The van der Waals surface area contributed by atoms with E-state index >= 15 is 0 Å². The smallest absolute Gasteiger partial charge is 0.191 e. The zero-order valence-electron chi connectivity index (χ0n) is 16.5. The molecule has 0 amide bonds. The van der Waals surface area contributed by atoms with E-state index in [1.165, 1.54) is 51.6 Å². The molecule has 2 N–H and O–H groups in total. The van der Waals surface area contributed by atoms with Gasteiger partial charge in [0.15, 0.2) is 5.96 Å². The highest BCUT2D eigenvalue weighted by atomic mass is 127. The number of allylic oxidation sites excluding steroid dienone is 1. The third-order valence-corrected chi connectivity index (χ3v) is 5.26. The molecule has 0 bridgehead atoms. The summed E-state index contributed by atoms with van der Waals surface area (Å²) in [5, 5.41) is 6.93. The van der Waals surface area contributed by atoms with Crippen molar-refractivity contribution in [2.45, 2.75) is 71.8 Å². The Bertz CT molecular complexity index is 420. The van der Waals surface area contributed by atoms with E-state index in [0.717, 1.165) is 32.0 Å². The molecule has 2 rings (SSSR count). The molecule has 0 aromatic rings. The molecule has 1 unspecified atom stereocenters. The molecule has 1 aliphatic carbocycles. The number of guanidine groups is 1. The van der Waals surface area contributed by atoms with Gasteiger partial charge >= 0.3 is 0 Å². The number of hydrogen-bond donors (Lipinski definition) is 2. The van der Waals surface area contributed by atoms with Crippen molar-refractivity contribution in [1.29, 1.82) is 0 Å². The summed E-state index contributed by atoms with van der Waals surface area (Å²) in [6, 6.07) is 0.659. The van der Waals surface area contributed by atoms with Gasteiger partial charge in [0.05, 0.1) is 0 Å². The number of piperidine rings is 1. The molecule has 0 spiro atoms. The maximum absolute atomic E-state index is 4.86. The van der Waals surface area contributed by atoms with Gasteiger partial charge in [-0.05, 0) is 78.2 Å².